The van der Waals surface area contributed by atoms with E-state index in [0.29, 0.717) is 18.5 Å². The van der Waals surface area contributed by atoms with Gasteiger partial charge in [-0.15, -0.1) is 24.0 Å². The van der Waals surface area contributed by atoms with Crippen LogP contribution in [0, 0.1) is 13.8 Å². The summed E-state index contributed by atoms with van der Waals surface area (Å²) in [4.78, 5) is 16.3. The van der Waals surface area contributed by atoms with E-state index < -0.39 is 0 Å². The van der Waals surface area contributed by atoms with Gasteiger partial charge in [-0.05, 0) is 57.9 Å². The Morgan fingerprint density at radius 2 is 1.85 bits per heavy atom. The third-order valence-corrected chi connectivity index (χ3v) is 5.63. The van der Waals surface area contributed by atoms with E-state index in [4.69, 9.17) is 9.41 Å². The summed E-state index contributed by atoms with van der Waals surface area (Å²) in [6.45, 7) is 9.43. The number of pyridine rings is 1. The summed E-state index contributed by atoms with van der Waals surface area (Å²) in [5.74, 6) is 2.52. The zero-order valence-corrected chi connectivity index (χ0v) is 21.9. The first kappa shape index (κ1) is 25.0. The molecule has 1 saturated heterocycles. The predicted molar refractivity (Wildman–Crippen MR) is 144 cm³/mol. The van der Waals surface area contributed by atoms with Crippen LogP contribution < -0.4 is 15.5 Å². The Hall–Kier alpha value is -2.62. The van der Waals surface area contributed by atoms with Gasteiger partial charge in [-0.1, -0.05) is 23.8 Å². The molecule has 0 unspecified atom stereocenters. The number of halogens is 1. The van der Waals surface area contributed by atoms with E-state index in [-0.39, 0.29) is 24.0 Å². The molecule has 1 aromatic carbocycles. The zero-order chi connectivity index (χ0) is 22.3. The highest BCUT2D eigenvalue weighted by atomic mass is 127. The highest BCUT2D eigenvalue weighted by Gasteiger charge is 2.21. The summed E-state index contributed by atoms with van der Waals surface area (Å²) in [5.41, 5.74) is 4.07. The lowest BCUT2D eigenvalue weighted by Gasteiger charge is -2.34. The maximum Gasteiger partial charge on any atom is 0.226 e. The maximum absolute atomic E-state index is 5.66. The summed E-state index contributed by atoms with van der Waals surface area (Å²) in [6, 6.07) is 14.8. The lowest BCUT2D eigenvalue weighted by molar-refractivity contribution is 0.459. The molecular formula is C25H33IN6O. The highest BCUT2D eigenvalue weighted by Crippen LogP contribution is 2.20. The Bertz CT molecular complexity index is 1040. The second-order valence-electron chi connectivity index (χ2n) is 8.25. The Morgan fingerprint density at radius 1 is 1.09 bits per heavy atom. The number of hydrogen-bond donors (Lipinski definition) is 2. The largest absolute Gasteiger partial charge is 0.444 e. The molecule has 4 rings (SSSR count). The molecule has 176 valence electrons. The van der Waals surface area contributed by atoms with Crippen LogP contribution in [-0.2, 0) is 6.54 Å². The number of oxazole rings is 1. The minimum atomic E-state index is 0. The summed E-state index contributed by atoms with van der Waals surface area (Å²) in [7, 11) is 0. The van der Waals surface area contributed by atoms with Crippen molar-refractivity contribution in [1.82, 2.24) is 20.6 Å². The highest BCUT2D eigenvalue weighted by molar-refractivity contribution is 14.0. The van der Waals surface area contributed by atoms with Gasteiger partial charge in [0.05, 0.1) is 6.54 Å². The van der Waals surface area contributed by atoms with Gasteiger partial charge in [-0.25, -0.2) is 15.0 Å². The fourth-order valence-electron chi connectivity index (χ4n) is 3.84. The zero-order valence-electron chi connectivity index (χ0n) is 19.5. The molecular weight excluding hydrogens is 527 g/mol. The Kier molecular flexibility index (Phi) is 9.11. The Balaban J connectivity index is 0.00000306. The topological polar surface area (TPSA) is 78.6 Å². The van der Waals surface area contributed by atoms with Gasteiger partial charge in [-0.2, -0.15) is 0 Å². The maximum atomic E-state index is 5.66. The molecule has 0 saturated carbocycles. The number of nitrogens with zero attached hydrogens (tertiary/aromatic N) is 4. The molecule has 2 N–H and O–H groups in total. The number of aryl methyl sites for hydroxylation is 2. The van der Waals surface area contributed by atoms with Crippen LogP contribution in [0.1, 0.15) is 36.7 Å². The molecule has 0 radical (unpaired) electrons. The number of aliphatic imine (C=N–C) groups is 1. The van der Waals surface area contributed by atoms with Crippen molar-refractivity contribution in [1.29, 1.82) is 0 Å². The Labute approximate surface area is 213 Å². The van der Waals surface area contributed by atoms with Gasteiger partial charge in [0.15, 0.2) is 5.96 Å². The number of rotatable bonds is 6. The lowest BCUT2D eigenvalue weighted by atomic mass is 10.1. The number of nitrogens with one attached hydrogen (secondary N) is 2. The Morgan fingerprint density at radius 3 is 2.55 bits per heavy atom. The molecule has 1 aliphatic rings. The van der Waals surface area contributed by atoms with Gasteiger partial charge in [0.2, 0.25) is 5.89 Å². The first-order valence-electron chi connectivity index (χ1n) is 11.4. The smallest absolute Gasteiger partial charge is 0.226 e. The van der Waals surface area contributed by atoms with Crippen LogP contribution in [-0.4, -0.2) is 41.6 Å². The van der Waals surface area contributed by atoms with E-state index in [1.807, 2.05) is 25.1 Å². The molecule has 33 heavy (non-hydrogen) atoms. The molecule has 3 aromatic rings. The lowest BCUT2D eigenvalue weighted by Crippen LogP contribution is -2.48. The molecule has 0 spiro atoms. The van der Waals surface area contributed by atoms with Crippen molar-refractivity contribution >= 4 is 35.8 Å². The molecule has 0 amide bonds. The van der Waals surface area contributed by atoms with Crippen molar-refractivity contribution in [2.24, 2.45) is 4.99 Å². The molecule has 0 bridgehead atoms. The first-order valence-corrected chi connectivity index (χ1v) is 11.4. The van der Waals surface area contributed by atoms with Crippen LogP contribution in [0.4, 0.5) is 5.82 Å². The van der Waals surface area contributed by atoms with Crippen molar-refractivity contribution in [3.63, 3.8) is 0 Å². The monoisotopic (exact) mass is 560 g/mol. The molecule has 0 atom stereocenters. The second kappa shape index (κ2) is 12.0. The number of hydrogen-bond acceptors (Lipinski definition) is 5. The molecule has 1 aliphatic heterocycles. The van der Waals surface area contributed by atoms with Crippen LogP contribution in [0.2, 0.25) is 0 Å². The van der Waals surface area contributed by atoms with Gasteiger partial charge in [0.25, 0.3) is 0 Å². The number of piperidine rings is 1. The molecule has 8 heteroatoms. The van der Waals surface area contributed by atoms with Gasteiger partial charge >= 0.3 is 0 Å². The molecule has 2 aromatic heterocycles. The van der Waals surface area contributed by atoms with E-state index >= 15 is 0 Å². The van der Waals surface area contributed by atoms with Crippen LogP contribution in [0.15, 0.2) is 58.1 Å². The van der Waals surface area contributed by atoms with E-state index in [1.54, 1.807) is 6.26 Å². The molecule has 1 fully saturated rings. The predicted octanol–water partition coefficient (Wildman–Crippen LogP) is 4.70. The van der Waals surface area contributed by atoms with Crippen LogP contribution >= 0.6 is 24.0 Å². The third-order valence-electron chi connectivity index (χ3n) is 5.63. The standard InChI is InChI=1S/C25H32N6O.HI/c1-4-26-25(27-16-22-17-32-24(29-22)20-10-8-18(2)9-11-20)30-21-12-14-31(15-13-21)23-7-5-6-19(3)28-23;/h5-11,17,21H,4,12-16H2,1-3H3,(H2,26,27,30);1H. The van der Waals surface area contributed by atoms with Crippen molar-refractivity contribution < 1.29 is 4.42 Å². The van der Waals surface area contributed by atoms with Crippen molar-refractivity contribution in [2.75, 3.05) is 24.5 Å². The van der Waals surface area contributed by atoms with Gasteiger partial charge in [-0.3, -0.25) is 0 Å². The summed E-state index contributed by atoms with van der Waals surface area (Å²) in [6.07, 6.45) is 3.78. The van der Waals surface area contributed by atoms with Crippen molar-refractivity contribution in [3.05, 3.63) is 65.7 Å². The summed E-state index contributed by atoms with van der Waals surface area (Å²) in [5, 5.41) is 6.94. The fraction of sp³-hybridized carbons (Fsp3) is 0.400. The van der Waals surface area contributed by atoms with Crippen LogP contribution in [0.3, 0.4) is 0 Å². The normalized spacial score (nSPS) is 14.6. The van der Waals surface area contributed by atoms with E-state index in [1.165, 1.54) is 5.56 Å². The second-order valence-corrected chi connectivity index (χ2v) is 8.25. The number of guanidine groups is 1. The molecule has 3 heterocycles. The van der Waals surface area contributed by atoms with Gasteiger partial charge in [0, 0.05) is 36.9 Å². The third kappa shape index (κ3) is 6.93. The fourth-order valence-corrected chi connectivity index (χ4v) is 3.84. The van der Waals surface area contributed by atoms with E-state index in [9.17, 15) is 0 Å². The van der Waals surface area contributed by atoms with E-state index in [2.05, 4.69) is 63.6 Å². The summed E-state index contributed by atoms with van der Waals surface area (Å²) < 4.78 is 5.66. The van der Waals surface area contributed by atoms with Gasteiger partial charge in [0.1, 0.15) is 17.8 Å². The first-order chi connectivity index (χ1) is 15.6. The number of aromatic nitrogens is 2. The molecule has 7 nitrogen and oxygen atoms in total. The van der Waals surface area contributed by atoms with Crippen LogP contribution in [0.25, 0.3) is 11.5 Å². The number of benzene rings is 1. The van der Waals surface area contributed by atoms with Gasteiger partial charge < -0.3 is 20.0 Å². The van der Waals surface area contributed by atoms with Crippen molar-refractivity contribution in [2.45, 2.75) is 46.2 Å². The quantitative estimate of drug-likeness (QED) is 0.259. The molecule has 0 aliphatic carbocycles. The summed E-state index contributed by atoms with van der Waals surface area (Å²) >= 11 is 0. The number of anilines is 1. The van der Waals surface area contributed by atoms with Crippen molar-refractivity contribution in [3.8, 4) is 11.5 Å². The SMILES string of the molecule is CCNC(=NCc1coc(-c2ccc(C)cc2)n1)NC1CCN(c2cccc(C)n2)CC1.I. The van der Waals surface area contributed by atoms with E-state index in [0.717, 1.165) is 61.2 Å². The average molecular weight is 560 g/mol. The average Bonchev–Trinajstić information content (AvgIpc) is 3.28. The minimum absolute atomic E-state index is 0. The van der Waals surface area contributed by atoms with Crippen LogP contribution in [0.5, 0.6) is 0 Å². The minimum Gasteiger partial charge on any atom is -0.444 e.